The SMILES string of the molecule is C=CCN(C)C(=O)NC[C@@H]1CCCN(C)[C@@H]1c1cccc(Cl)c1. The first-order chi connectivity index (χ1) is 11.0. The molecule has 4 nitrogen and oxygen atoms in total. The van der Waals surface area contributed by atoms with Gasteiger partial charge in [-0.05, 0) is 50.0 Å². The molecule has 0 aromatic heterocycles. The average Bonchev–Trinajstić information content (AvgIpc) is 2.52. The number of amides is 2. The van der Waals surface area contributed by atoms with Crippen molar-refractivity contribution < 1.29 is 4.79 Å². The van der Waals surface area contributed by atoms with Crippen molar-refractivity contribution in [2.24, 2.45) is 5.92 Å². The maximum atomic E-state index is 12.1. The zero-order chi connectivity index (χ0) is 16.8. The third-order valence-corrected chi connectivity index (χ3v) is 4.70. The van der Waals surface area contributed by atoms with Gasteiger partial charge in [-0.3, -0.25) is 4.90 Å². The van der Waals surface area contributed by atoms with Crippen molar-refractivity contribution in [2.75, 3.05) is 33.7 Å². The number of likely N-dealkylation sites (tertiary alicyclic amines) is 1. The number of nitrogens with one attached hydrogen (secondary N) is 1. The molecule has 2 atom stereocenters. The highest BCUT2D eigenvalue weighted by Gasteiger charge is 2.31. The van der Waals surface area contributed by atoms with Crippen molar-refractivity contribution in [1.29, 1.82) is 0 Å². The molecule has 5 heteroatoms. The molecule has 1 aliphatic heterocycles. The Balaban J connectivity index is 2.06. The van der Waals surface area contributed by atoms with E-state index in [2.05, 4.69) is 29.9 Å². The van der Waals surface area contributed by atoms with E-state index in [-0.39, 0.29) is 12.1 Å². The normalized spacial score (nSPS) is 21.7. The van der Waals surface area contributed by atoms with Crippen LogP contribution in [0.4, 0.5) is 4.79 Å². The summed E-state index contributed by atoms with van der Waals surface area (Å²) in [4.78, 5) is 16.1. The fraction of sp³-hybridized carbons (Fsp3) is 0.500. The van der Waals surface area contributed by atoms with Gasteiger partial charge in [-0.2, -0.15) is 0 Å². The molecular formula is C18H26ClN3O. The van der Waals surface area contributed by atoms with Crippen LogP contribution < -0.4 is 5.32 Å². The number of halogens is 1. The van der Waals surface area contributed by atoms with Crippen LogP contribution in [-0.2, 0) is 0 Å². The number of nitrogens with zero attached hydrogens (tertiary/aromatic N) is 2. The molecule has 1 heterocycles. The van der Waals surface area contributed by atoms with Crippen molar-refractivity contribution >= 4 is 17.6 Å². The molecule has 0 saturated carbocycles. The lowest BCUT2D eigenvalue weighted by Gasteiger charge is -2.40. The Bertz CT molecular complexity index is 549. The summed E-state index contributed by atoms with van der Waals surface area (Å²) in [5.74, 6) is 0.383. The van der Waals surface area contributed by atoms with Gasteiger partial charge in [-0.15, -0.1) is 6.58 Å². The van der Waals surface area contributed by atoms with Crippen LogP contribution in [0, 0.1) is 5.92 Å². The standard InChI is InChI=1S/C18H26ClN3O/c1-4-10-22(3)18(23)20-13-15-8-6-11-21(2)17(15)14-7-5-9-16(19)12-14/h4-5,7,9,12,15,17H,1,6,8,10-11,13H2,2-3H3,(H,20,23)/t15-,17+/m0/s1. The third-order valence-electron chi connectivity index (χ3n) is 4.46. The Kier molecular flexibility index (Phi) is 6.48. The van der Waals surface area contributed by atoms with Gasteiger partial charge < -0.3 is 10.2 Å². The minimum absolute atomic E-state index is 0.0528. The van der Waals surface area contributed by atoms with E-state index in [4.69, 9.17) is 11.6 Å². The molecule has 23 heavy (non-hydrogen) atoms. The zero-order valence-electron chi connectivity index (χ0n) is 14.0. The average molecular weight is 336 g/mol. The van der Waals surface area contributed by atoms with Crippen LogP contribution in [0.5, 0.6) is 0 Å². The minimum atomic E-state index is -0.0528. The van der Waals surface area contributed by atoms with Crippen LogP contribution in [0.2, 0.25) is 5.02 Å². The minimum Gasteiger partial charge on any atom is -0.338 e. The maximum Gasteiger partial charge on any atom is 0.317 e. The zero-order valence-corrected chi connectivity index (χ0v) is 14.7. The number of piperidine rings is 1. The molecule has 1 fully saturated rings. The van der Waals surface area contributed by atoms with E-state index in [1.54, 1.807) is 18.0 Å². The van der Waals surface area contributed by atoms with Gasteiger partial charge in [-0.1, -0.05) is 29.8 Å². The van der Waals surface area contributed by atoms with Gasteiger partial charge in [0.05, 0.1) is 0 Å². The number of carbonyl (C=O) groups excluding carboxylic acids is 1. The van der Waals surface area contributed by atoms with Crippen molar-refractivity contribution in [3.05, 3.63) is 47.5 Å². The predicted molar refractivity (Wildman–Crippen MR) is 95.8 cm³/mol. The second kappa shape index (κ2) is 8.37. The molecule has 2 rings (SSSR count). The lowest BCUT2D eigenvalue weighted by Crippen LogP contribution is -2.44. The lowest BCUT2D eigenvalue weighted by molar-refractivity contribution is 0.119. The summed E-state index contributed by atoms with van der Waals surface area (Å²) in [5.41, 5.74) is 1.22. The number of benzene rings is 1. The Morgan fingerprint density at radius 1 is 1.57 bits per heavy atom. The summed E-state index contributed by atoms with van der Waals surface area (Å²) < 4.78 is 0. The van der Waals surface area contributed by atoms with Gasteiger partial charge >= 0.3 is 6.03 Å². The molecule has 1 saturated heterocycles. The van der Waals surface area contributed by atoms with E-state index in [1.807, 2.05) is 18.2 Å². The Morgan fingerprint density at radius 2 is 2.35 bits per heavy atom. The topological polar surface area (TPSA) is 35.6 Å². The largest absolute Gasteiger partial charge is 0.338 e. The number of rotatable bonds is 5. The molecule has 0 aliphatic carbocycles. The summed E-state index contributed by atoms with van der Waals surface area (Å²) in [5, 5.41) is 3.81. The van der Waals surface area contributed by atoms with E-state index < -0.39 is 0 Å². The number of hydrogen-bond acceptors (Lipinski definition) is 2. The van der Waals surface area contributed by atoms with Gasteiger partial charge in [-0.25, -0.2) is 4.79 Å². The molecule has 0 unspecified atom stereocenters. The summed E-state index contributed by atoms with van der Waals surface area (Å²) in [7, 11) is 3.92. The predicted octanol–water partition coefficient (Wildman–Crippen LogP) is 3.55. The Hall–Kier alpha value is -1.52. The maximum absolute atomic E-state index is 12.1. The van der Waals surface area contributed by atoms with Gasteiger partial charge in [0.15, 0.2) is 0 Å². The summed E-state index contributed by atoms with van der Waals surface area (Å²) >= 11 is 6.16. The summed E-state index contributed by atoms with van der Waals surface area (Å²) in [6, 6.07) is 8.28. The second-order valence-corrected chi connectivity index (χ2v) is 6.67. The van der Waals surface area contributed by atoms with Crippen LogP contribution in [0.1, 0.15) is 24.4 Å². The molecule has 1 aromatic rings. The summed E-state index contributed by atoms with van der Waals surface area (Å²) in [6.45, 7) is 5.95. The molecule has 0 spiro atoms. The molecule has 0 bridgehead atoms. The number of likely N-dealkylation sites (N-methyl/N-ethyl adjacent to an activating group) is 1. The molecular weight excluding hydrogens is 310 g/mol. The van der Waals surface area contributed by atoms with E-state index in [0.29, 0.717) is 19.0 Å². The first-order valence-corrected chi connectivity index (χ1v) is 8.46. The van der Waals surface area contributed by atoms with Crippen molar-refractivity contribution in [2.45, 2.75) is 18.9 Å². The lowest BCUT2D eigenvalue weighted by atomic mass is 9.85. The van der Waals surface area contributed by atoms with Crippen molar-refractivity contribution in [3.8, 4) is 0 Å². The molecule has 126 valence electrons. The van der Waals surface area contributed by atoms with Crippen LogP contribution in [0.3, 0.4) is 0 Å². The highest BCUT2D eigenvalue weighted by atomic mass is 35.5. The van der Waals surface area contributed by atoms with Crippen LogP contribution in [-0.4, -0.2) is 49.6 Å². The molecule has 1 aromatic carbocycles. The Labute approximate surface area is 144 Å². The number of carbonyl (C=O) groups is 1. The monoisotopic (exact) mass is 335 g/mol. The highest BCUT2D eigenvalue weighted by molar-refractivity contribution is 6.30. The fourth-order valence-electron chi connectivity index (χ4n) is 3.32. The van der Waals surface area contributed by atoms with Crippen LogP contribution >= 0.6 is 11.6 Å². The first-order valence-electron chi connectivity index (χ1n) is 8.08. The van der Waals surface area contributed by atoms with Crippen molar-refractivity contribution in [1.82, 2.24) is 15.1 Å². The molecule has 1 N–H and O–H groups in total. The quantitative estimate of drug-likeness (QED) is 0.835. The third kappa shape index (κ3) is 4.72. The second-order valence-electron chi connectivity index (χ2n) is 6.24. The highest BCUT2D eigenvalue weighted by Crippen LogP contribution is 2.35. The molecule has 2 amide bonds. The fourth-order valence-corrected chi connectivity index (χ4v) is 3.52. The van der Waals surface area contributed by atoms with E-state index in [9.17, 15) is 4.79 Å². The number of hydrogen-bond donors (Lipinski definition) is 1. The molecule has 1 aliphatic rings. The van der Waals surface area contributed by atoms with Gasteiger partial charge in [0.2, 0.25) is 0 Å². The summed E-state index contributed by atoms with van der Waals surface area (Å²) in [6.07, 6.45) is 3.98. The van der Waals surface area contributed by atoms with Gasteiger partial charge in [0.1, 0.15) is 0 Å². The first kappa shape index (κ1) is 17.8. The van der Waals surface area contributed by atoms with Crippen LogP contribution in [0.15, 0.2) is 36.9 Å². The van der Waals surface area contributed by atoms with Crippen LogP contribution in [0.25, 0.3) is 0 Å². The van der Waals surface area contributed by atoms with Gasteiger partial charge in [0, 0.05) is 31.2 Å². The molecule has 0 radical (unpaired) electrons. The van der Waals surface area contributed by atoms with Crippen molar-refractivity contribution in [3.63, 3.8) is 0 Å². The smallest absolute Gasteiger partial charge is 0.317 e. The van der Waals surface area contributed by atoms with E-state index in [1.165, 1.54) is 5.56 Å². The number of urea groups is 1. The Morgan fingerprint density at radius 3 is 3.04 bits per heavy atom. The van der Waals surface area contributed by atoms with E-state index in [0.717, 1.165) is 24.4 Å². The van der Waals surface area contributed by atoms with E-state index >= 15 is 0 Å². The van der Waals surface area contributed by atoms with Gasteiger partial charge in [0.25, 0.3) is 0 Å².